The van der Waals surface area contributed by atoms with Crippen molar-refractivity contribution in [3.8, 4) is 0 Å². The topological polar surface area (TPSA) is 77.2 Å². The Morgan fingerprint density at radius 3 is 2.75 bits per heavy atom. The van der Waals surface area contributed by atoms with Gasteiger partial charge in [0.15, 0.2) is 5.82 Å². The minimum absolute atomic E-state index is 0.209. The van der Waals surface area contributed by atoms with Crippen LogP contribution in [0.5, 0.6) is 0 Å². The van der Waals surface area contributed by atoms with E-state index in [0.717, 1.165) is 25.7 Å². The highest BCUT2D eigenvalue weighted by atomic mass is 16.6. The quantitative estimate of drug-likeness (QED) is 0.897. The zero-order chi connectivity index (χ0) is 14.8. The van der Waals surface area contributed by atoms with Crippen LogP contribution in [0.4, 0.5) is 4.79 Å². The molecule has 1 saturated carbocycles. The predicted octanol–water partition coefficient (Wildman–Crippen LogP) is 3.00. The van der Waals surface area contributed by atoms with Gasteiger partial charge in [0.05, 0.1) is 6.04 Å². The number of hydrogen-bond acceptors (Lipinski definition) is 5. The van der Waals surface area contributed by atoms with Gasteiger partial charge < -0.3 is 14.6 Å². The number of ether oxygens (including phenoxy) is 1. The molecule has 0 spiro atoms. The Morgan fingerprint density at radius 2 is 2.20 bits per heavy atom. The van der Waals surface area contributed by atoms with Gasteiger partial charge in [-0.3, -0.25) is 0 Å². The molecule has 1 aliphatic carbocycles. The van der Waals surface area contributed by atoms with Crippen LogP contribution in [0.1, 0.15) is 64.7 Å². The molecule has 1 amide bonds. The highest BCUT2D eigenvalue weighted by molar-refractivity contribution is 5.68. The third kappa shape index (κ3) is 4.21. The molecule has 0 radical (unpaired) electrons. The van der Waals surface area contributed by atoms with Gasteiger partial charge >= 0.3 is 6.09 Å². The smallest absolute Gasteiger partial charge is 0.408 e. The molecule has 0 bridgehead atoms. The zero-order valence-electron chi connectivity index (χ0n) is 12.6. The lowest BCUT2D eigenvalue weighted by atomic mass is 10.1. The summed E-state index contributed by atoms with van der Waals surface area (Å²) in [6, 6.07) is -0.209. The number of aryl methyl sites for hydroxylation is 1. The molecule has 1 aromatic rings. The average Bonchev–Trinajstić information content (AvgIpc) is 3.05. The van der Waals surface area contributed by atoms with Crippen molar-refractivity contribution < 1.29 is 14.1 Å². The maximum atomic E-state index is 11.9. The maximum absolute atomic E-state index is 11.9. The second kappa shape index (κ2) is 5.81. The average molecular weight is 281 g/mol. The normalized spacial score (nSPS) is 16.8. The number of alkyl carbamates (subject to hydrolysis) is 1. The molecular formula is C14H23N3O3. The number of hydrogen-bond donors (Lipinski definition) is 1. The molecule has 6 heteroatoms. The fraction of sp³-hybridized carbons (Fsp3) is 0.786. The van der Waals surface area contributed by atoms with Crippen LogP contribution in [0.25, 0.3) is 0 Å². The summed E-state index contributed by atoms with van der Waals surface area (Å²) in [6.45, 7) is 7.58. The van der Waals surface area contributed by atoms with E-state index in [-0.39, 0.29) is 6.04 Å². The van der Waals surface area contributed by atoms with E-state index in [1.807, 2.05) is 20.8 Å². The van der Waals surface area contributed by atoms with Crippen molar-refractivity contribution in [2.45, 2.75) is 65.0 Å². The lowest BCUT2D eigenvalue weighted by molar-refractivity contribution is 0.0494. The van der Waals surface area contributed by atoms with Crippen LogP contribution >= 0.6 is 0 Å². The number of amides is 1. The van der Waals surface area contributed by atoms with Gasteiger partial charge in [0, 0.05) is 6.42 Å². The minimum atomic E-state index is -0.511. The van der Waals surface area contributed by atoms with Gasteiger partial charge in [0.2, 0.25) is 5.89 Å². The second-order valence-electron chi connectivity index (χ2n) is 6.26. The van der Waals surface area contributed by atoms with E-state index in [9.17, 15) is 4.79 Å². The molecule has 1 aromatic heterocycles. The Morgan fingerprint density at radius 1 is 1.50 bits per heavy atom. The first kappa shape index (κ1) is 14.8. The monoisotopic (exact) mass is 281 g/mol. The number of carbonyl (C=O) groups is 1. The maximum Gasteiger partial charge on any atom is 0.408 e. The van der Waals surface area contributed by atoms with Crippen molar-refractivity contribution in [3.63, 3.8) is 0 Å². The molecule has 112 valence electrons. The van der Waals surface area contributed by atoms with Gasteiger partial charge in [-0.25, -0.2) is 4.79 Å². The van der Waals surface area contributed by atoms with Crippen molar-refractivity contribution in [2.24, 2.45) is 5.92 Å². The van der Waals surface area contributed by atoms with Crippen molar-refractivity contribution in [1.82, 2.24) is 15.5 Å². The van der Waals surface area contributed by atoms with Crippen molar-refractivity contribution in [1.29, 1.82) is 0 Å². The summed E-state index contributed by atoms with van der Waals surface area (Å²) in [5.74, 6) is 1.57. The zero-order valence-corrected chi connectivity index (χ0v) is 12.6. The lowest BCUT2D eigenvalue weighted by Crippen LogP contribution is -2.36. The Labute approximate surface area is 119 Å². The van der Waals surface area contributed by atoms with Gasteiger partial charge in [-0.2, -0.15) is 4.98 Å². The molecule has 6 nitrogen and oxygen atoms in total. The molecular weight excluding hydrogens is 258 g/mol. The SMILES string of the molecule is CCCc1nc([C@@H](NC(=O)OC(C)(C)C)C2CC2)no1. The number of aromatic nitrogens is 2. The second-order valence-corrected chi connectivity index (χ2v) is 6.26. The largest absolute Gasteiger partial charge is 0.444 e. The molecule has 0 aliphatic heterocycles. The molecule has 1 fully saturated rings. The van der Waals surface area contributed by atoms with E-state index in [1.165, 1.54) is 0 Å². The van der Waals surface area contributed by atoms with Gasteiger partial charge in [-0.1, -0.05) is 12.1 Å². The highest BCUT2D eigenvalue weighted by Crippen LogP contribution is 2.40. The van der Waals surface area contributed by atoms with E-state index in [2.05, 4.69) is 22.4 Å². The summed E-state index contributed by atoms with van der Waals surface area (Å²) in [6.07, 6.45) is 3.42. The van der Waals surface area contributed by atoms with E-state index in [0.29, 0.717) is 17.6 Å². The number of carbonyl (C=O) groups excluding carboxylic acids is 1. The summed E-state index contributed by atoms with van der Waals surface area (Å²) in [4.78, 5) is 16.3. The van der Waals surface area contributed by atoms with Crippen LogP contribution in [-0.4, -0.2) is 21.8 Å². The van der Waals surface area contributed by atoms with Crippen molar-refractivity contribution in [2.75, 3.05) is 0 Å². The number of nitrogens with zero attached hydrogens (tertiary/aromatic N) is 2. The lowest BCUT2D eigenvalue weighted by Gasteiger charge is -2.22. The first-order valence-electron chi connectivity index (χ1n) is 7.21. The van der Waals surface area contributed by atoms with Crippen LogP contribution in [-0.2, 0) is 11.2 Å². The van der Waals surface area contributed by atoms with E-state index in [4.69, 9.17) is 9.26 Å². The molecule has 2 rings (SSSR count). The first-order valence-corrected chi connectivity index (χ1v) is 7.21. The fourth-order valence-corrected chi connectivity index (χ4v) is 1.97. The predicted molar refractivity (Wildman–Crippen MR) is 73.1 cm³/mol. The van der Waals surface area contributed by atoms with Gasteiger partial charge in [0.25, 0.3) is 0 Å². The van der Waals surface area contributed by atoms with Crippen LogP contribution in [0.3, 0.4) is 0 Å². The summed E-state index contributed by atoms with van der Waals surface area (Å²) < 4.78 is 10.5. The Balaban J connectivity index is 2.01. The Kier molecular flexibility index (Phi) is 4.30. The Hall–Kier alpha value is -1.59. The molecule has 1 heterocycles. The molecule has 0 aromatic carbocycles. The number of nitrogens with one attached hydrogen (secondary N) is 1. The van der Waals surface area contributed by atoms with Crippen LogP contribution in [0, 0.1) is 5.92 Å². The Bertz CT molecular complexity index is 460. The first-order chi connectivity index (χ1) is 9.39. The van der Waals surface area contributed by atoms with E-state index >= 15 is 0 Å². The third-order valence-corrected chi connectivity index (χ3v) is 2.99. The van der Waals surface area contributed by atoms with Gasteiger partial charge in [-0.15, -0.1) is 0 Å². The molecule has 1 atom stereocenters. The van der Waals surface area contributed by atoms with Crippen molar-refractivity contribution >= 4 is 6.09 Å². The summed E-state index contributed by atoms with van der Waals surface area (Å²) in [7, 11) is 0. The summed E-state index contributed by atoms with van der Waals surface area (Å²) in [5.41, 5.74) is -0.511. The third-order valence-electron chi connectivity index (χ3n) is 2.99. The van der Waals surface area contributed by atoms with Gasteiger partial charge in [0.1, 0.15) is 5.60 Å². The van der Waals surface area contributed by atoms with Crippen LogP contribution in [0.2, 0.25) is 0 Å². The molecule has 1 N–H and O–H groups in total. The molecule has 0 unspecified atom stereocenters. The number of rotatable bonds is 5. The fourth-order valence-electron chi connectivity index (χ4n) is 1.97. The summed E-state index contributed by atoms with van der Waals surface area (Å²) in [5, 5.41) is 6.85. The van der Waals surface area contributed by atoms with Crippen molar-refractivity contribution in [3.05, 3.63) is 11.7 Å². The molecule has 1 aliphatic rings. The highest BCUT2D eigenvalue weighted by Gasteiger charge is 2.37. The van der Waals surface area contributed by atoms with Gasteiger partial charge in [-0.05, 0) is 46.0 Å². The van der Waals surface area contributed by atoms with Crippen LogP contribution in [0.15, 0.2) is 4.52 Å². The standard InChI is InChI=1S/C14H23N3O3/c1-5-6-10-15-12(17-20-10)11(9-7-8-9)16-13(18)19-14(2,3)4/h9,11H,5-8H2,1-4H3,(H,16,18)/t11-/m0/s1. The van der Waals surface area contributed by atoms with E-state index in [1.54, 1.807) is 0 Å². The van der Waals surface area contributed by atoms with E-state index < -0.39 is 11.7 Å². The minimum Gasteiger partial charge on any atom is -0.444 e. The molecule has 20 heavy (non-hydrogen) atoms. The molecule has 0 saturated heterocycles. The summed E-state index contributed by atoms with van der Waals surface area (Å²) >= 11 is 0. The van der Waals surface area contributed by atoms with Crippen LogP contribution < -0.4 is 5.32 Å².